The Bertz CT molecular complexity index is 1680. The number of benzene rings is 3. The number of carboxylic acid groups (broad SMARTS) is 1. The number of esters is 2. The molecule has 2 fully saturated rings. The van der Waals surface area contributed by atoms with E-state index in [0.717, 1.165) is 36.6 Å². The summed E-state index contributed by atoms with van der Waals surface area (Å²) in [5.41, 5.74) is 2.47. The number of rotatable bonds is 7. The van der Waals surface area contributed by atoms with Gasteiger partial charge in [0.05, 0.1) is 42.0 Å². The molecule has 5 rings (SSSR count). The van der Waals surface area contributed by atoms with Gasteiger partial charge in [-0.3, -0.25) is 0 Å². The average Bonchev–Trinajstić information content (AvgIpc) is 4.09. The molecule has 14 heteroatoms. The van der Waals surface area contributed by atoms with E-state index in [1.807, 2.05) is 12.1 Å². The molecule has 0 aliphatic heterocycles. The van der Waals surface area contributed by atoms with Crippen molar-refractivity contribution < 1.29 is 63.2 Å². The Labute approximate surface area is 323 Å². The minimum atomic E-state index is -0.949. The third-order valence-electron chi connectivity index (χ3n) is 7.11. The van der Waals surface area contributed by atoms with Gasteiger partial charge in [-0.2, -0.15) is 0 Å². The zero-order chi connectivity index (χ0) is 36.2. The first-order valence-electron chi connectivity index (χ1n) is 15.0. The first-order valence-corrected chi connectivity index (χ1v) is 15.7. The van der Waals surface area contributed by atoms with Crippen molar-refractivity contribution in [3.63, 3.8) is 0 Å². The first-order chi connectivity index (χ1) is 23.1. The summed E-state index contributed by atoms with van der Waals surface area (Å²) in [5.74, 6) is -0.990. The van der Waals surface area contributed by atoms with Crippen molar-refractivity contribution in [2.24, 2.45) is 0 Å². The predicted octanol–water partition coefficient (Wildman–Crippen LogP) is 5.32. The van der Waals surface area contributed by atoms with E-state index in [1.54, 1.807) is 60.7 Å². The van der Waals surface area contributed by atoms with E-state index in [1.165, 1.54) is 14.2 Å². The molecular weight excluding hydrogens is 725 g/mol. The van der Waals surface area contributed by atoms with Crippen LogP contribution in [0.3, 0.4) is 0 Å². The molecule has 3 aromatic rings. The molecule has 0 amide bonds. The molecule has 0 aromatic heterocycles. The molecule has 0 saturated heterocycles. The Morgan fingerprint density at radius 2 is 1.18 bits per heavy atom. The van der Waals surface area contributed by atoms with Crippen LogP contribution in [0.2, 0.25) is 0 Å². The molecule has 2 aliphatic carbocycles. The molecule has 0 spiro atoms. The van der Waals surface area contributed by atoms with E-state index in [2.05, 4.69) is 35.2 Å². The van der Waals surface area contributed by atoms with Crippen LogP contribution in [0, 0.1) is 19.7 Å². The fraction of sp³-hybridized carbons (Fsp3) is 0.333. The normalized spacial score (nSPS) is 12.8. The molecule has 11 nitrogen and oxygen atoms in total. The summed E-state index contributed by atoms with van der Waals surface area (Å²) >= 11 is 8.26. The Morgan fingerprint density at radius 3 is 1.54 bits per heavy atom. The summed E-state index contributed by atoms with van der Waals surface area (Å²) in [4.78, 5) is 44.0. The minimum absolute atomic E-state index is 0. The van der Waals surface area contributed by atoms with E-state index >= 15 is 0 Å². The van der Waals surface area contributed by atoms with Gasteiger partial charge < -0.3 is 40.1 Å². The summed E-state index contributed by atoms with van der Waals surface area (Å²) in [6.45, 7) is 21.2. The second-order valence-electron chi connectivity index (χ2n) is 10.0. The number of hydrogen-bond donors (Lipinski definition) is 1. The number of ether oxygens (including phenoxy) is 2. The van der Waals surface area contributed by atoms with Gasteiger partial charge in [-0.25, -0.2) is 34.1 Å². The molecule has 0 atom stereocenters. The van der Waals surface area contributed by atoms with Gasteiger partial charge in [0.25, 0.3) is 11.1 Å². The van der Waals surface area contributed by atoms with E-state index in [4.69, 9.17) is 44.1 Å². The second kappa shape index (κ2) is 24.9. The maximum atomic E-state index is 11.5. The summed E-state index contributed by atoms with van der Waals surface area (Å²) in [7, 11) is 2.69. The number of aromatic carboxylic acids is 1. The number of methoxy groups -OCH3 is 2. The number of hydrogen-bond acceptors (Lipinski definition) is 6. The number of alkyl halides is 2. The van der Waals surface area contributed by atoms with E-state index < -0.39 is 17.0 Å². The molecule has 2 saturated carbocycles. The fourth-order valence-electron chi connectivity index (χ4n) is 4.42. The number of carbonyl (C=O) groups is 3. The van der Waals surface area contributed by atoms with Crippen molar-refractivity contribution >= 4 is 45.4 Å². The van der Waals surface area contributed by atoms with E-state index in [0.29, 0.717) is 28.1 Å². The average molecular weight is 772 g/mol. The van der Waals surface area contributed by atoms with Crippen LogP contribution in [0.15, 0.2) is 72.8 Å². The van der Waals surface area contributed by atoms with Crippen LogP contribution in [-0.4, -0.2) is 59.4 Å². The molecule has 0 unspecified atom stereocenters. The molecule has 266 valence electrons. The monoisotopic (exact) mass is 770 g/mol. The smallest absolute Gasteiger partial charge is 0.870 e. The SMILES string of the molecule is C.ClCCBr.O.[2HH].[2H][2H].[C-]#[N+]C1(c2ccccc2C(=O)O)CC1.[C-]#[N+]C1(c2ccccc2C(=O)OC)CC1.[C-]#[N+]Cc1ccccc1C(=O)OC.[Li+].[OH-]. The fourth-order valence-corrected chi connectivity index (χ4v) is 4.42. The molecular formula is C36H44BrClLiN3O8. The minimum Gasteiger partial charge on any atom is -0.870 e. The van der Waals surface area contributed by atoms with Crippen LogP contribution in [0.5, 0.6) is 0 Å². The number of carbonyl (C=O) groups excluding carboxylic acids is 2. The summed E-state index contributed by atoms with van der Waals surface area (Å²) in [5, 5.41) is 9.85. The maximum Gasteiger partial charge on any atom is 1.00 e. The standard InChI is InChI=1S/C12H11NO2.C11H9NO2.C10H9NO2.C2H4BrCl.CH4.Li.2H2O.2H2/c1-13-12(7-8-12)10-6-4-3-5-9(10)11(14)15-2;1-12-11(6-7-11)9-5-3-2-4-8(9)10(13)14;1-11-7-8-5-3-4-6-9(8)10(12)13-2;3-1-2-4;;;;;;/h3-6H,7-8H2,2H3;2-5H,6-7H2,(H,13,14);3-6H,7H2,2H3;1-2H2;1H4;;2*1H2;2*1H/q;;;;;+1;;;;/p-1/i;;;;;;;;1+1D;1+1. The topological polar surface area (TPSA) is 164 Å². The molecule has 0 bridgehead atoms. The van der Waals surface area contributed by atoms with Crippen molar-refractivity contribution in [3.8, 4) is 0 Å². The van der Waals surface area contributed by atoms with Crippen LogP contribution < -0.4 is 18.9 Å². The van der Waals surface area contributed by atoms with Gasteiger partial charge in [0.15, 0.2) is 0 Å². The summed E-state index contributed by atoms with van der Waals surface area (Å²) in [6.07, 6.45) is 3.23. The third-order valence-corrected chi connectivity index (χ3v) is 8.15. The van der Waals surface area contributed by atoms with Gasteiger partial charge in [-0.15, -0.1) is 11.6 Å². The Kier molecular flexibility index (Phi) is 23.9. The number of carboxylic acids is 1. The summed E-state index contributed by atoms with van der Waals surface area (Å²) in [6, 6.07) is 20.9. The van der Waals surface area contributed by atoms with Crippen LogP contribution in [-0.2, 0) is 27.1 Å². The zero-order valence-electron chi connectivity index (χ0n) is 29.4. The van der Waals surface area contributed by atoms with Crippen molar-refractivity contribution in [2.75, 3.05) is 25.4 Å². The van der Waals surface area contributed by atoms with Crippen molar-refractivity contribution in [1.29, 1.82) is 0 Å². The van der Waals surface area contributed by atoms with Crippen LogP contribution in [0.1, 0.15) is 85.3 Å². The van der Waals surface area contributed by atoms with Crippen molar-refractivity contribution in [1.82, 2.24) is 0 Å². The maximum absolute atomic E-state index is 11.5. The van der Waals surface area contributed by atoms with E-state index in [9.17, 15) is 14.4 Å². The van der Waals surface area contributed by atoms with Gasteiger partial charge in [0.2, 0.25) is 6.54 Å². The predicted molar refractivity (Wildman–Crippen MR) is 195 cm³/mol. The molecule has 0 heterocycles. The van der Waals surface area contributed by atoms with Crippen LogP contribution in [0.4, 0.5) is 0 Å². The van der Waals surface area contributed by atoms with Gasteiger partial charge in [0, 0.05) is 46.9 Å². The summed E-state index contributed by atoms with van der Waals surface area (Å²) < 4.78 is 19.3. The molecule has 2 aliphatic rings. The third kappa shape index (κ3) is 13.6. The Morgan fingerprint density at radius 1 is 0.820 bits per heavy atom. The Balaban J connectivity index is -0.000000194. The molecule has 0 radical (unpaired) electrons. The molecule has 3 aromatic carbocycles. The first kappa shape index (κ1) is 47.9. The second-order valence-corrected chi connectivity index (χ2v) is 11.2. The van der Waals surface area contributed by atoms with Gasteiger partial charge in [0.1, 0.15) is 0 Å². The number of halogens is 2. The van der Waals surface area contributed by atoms with Crippen LogP contribution in [0.25, 0.3) is 14.5 Å². The van der Waals surface area contributed by atoms with Gasteiger partial charge in [-0.05, 0) is 18.2 Å². The van der Waals surface area contributed by atoms with Crippen LogP contribution >= 0.6 is 27.5 Å². The molecule has 50 heavy (non-hydrogen) atoms. The van der Waals surface area contributed by atoms with Crippen molar-refractivity contribution in [3.05, 3.63) is 140 Å². The Hall–Kier alpha value is -4.17. The quantitative estimate of drug-likeness (QED) is 0.147. The number of nitrogens with zero attached hydrogens (tertiary/aromatic N) is 3. The van der Waals surface area contributed by atoms with E-state index in [-0.39, 0.29) is 62.7 Å². The molecule has 4 N–H and O–H groups in total. The van der Waals surface area contributed by atoms with Crippen molar-refractivity contribution in [2.45, 2.75) is 50.7 Å². The zero-order valence-corrected chi connectivity index (χ0v) is 29.8. The largest absolute Gasteiger partial charge is 1.00 e. The van der Waals surface area contributed by atoms with Gasteiger partial charge in [-0.1, -0.05) is 78.0 Å². The van der Waals surface area contributed by atoms with Gasteiger partial charge >= 0.3 is 36.8 Å².